The fourth-order valence-corrected chi connectivity index (χ4v) is 2.62. The summed E-state index contributed by atoms with van der Waals surface area (Å²) in [5.41, 5.74) is 2.49. The van der Waals surface area contributed by atoms with Gasteiger partial charge in [-0.25, -0.2) is 0 Å². The topological polar surface area (TPSA) is 18.5 Å². The first-order valence-electron chi connectivity index (χ1n) is 6.14. The summed E-state index contributed by atoms with van der Waals surface area (Å²) in [5, 5.41) is 0. The van der Waals surface area contributed by atoms with Crippen LogP contribution in [0.5, 0.6) is 11.5 Å². The number of halogens is 1. The molecule has 0 saturated carbocycles. The van der Waals surface area contributed by atoms with Crippen LogP contribution in [-0.4, -0.2) is 14.2 Å². The molecule has 0 amide bonds. The van der Waals surface area contributed by atoms with Gasteiger partial charge in [0.25, 0.3) is 0 Å². The Morgan fingerprint density at radius 2 is 1.63 bits per heavy atom. The zero-order valence-corrected chi connectivity index (χ0v) is 12.7. The zero-order valence-electron chi connectivity index (χ0n) is 11.1. The first-order valence-corrected chi connectivity index (χ1v) is 7.05. The molecule has 2 aromatic carbocycles. The fraction of sp³-hybridized carbons (Fsp3) is 0.250. The van der Waals surface area contributed by atoms with Gasteiger partial charge in [0.1, 0.15) is 11.5 Å². The van der Waals surface area contributed by atoms with Crippen molar-refractivity contribution in [2.24, 2.45) is 0 Å². The Hall–Kier alpha value is -1.48. The molecule has 100 valence electrons. The van der Waals surface area contributed by atoms with E-state index in [4.69, 9.17) is 9.47 Å². The highest BCUT2D eigenvalue weighted by Gasteiger charge is 2.09. The maximum absolute atomic E-state index is 5.24. The quantitative estimate of drug-likeness (QED) is 0.761. The van der Waals surface area contributed by atoms with Crippen LogP contribution in [-0.2, 0) is 6.42 Å². The van der Waals surface area contributed by atoms with Gasteiger partial charge in [-0.3, -0.25) is 0 Å². The van der Waals surface area contributed by atoms with Crippen LogP contribution in [0.4, 0.5) is 0 Å². The van der Waals surface area contributed by atoms with Crippen molar-refractivity contribution in [3.8, 4) is 11.5 Å². The molecule has 0 spiro atoms. The summed E-state index contributed by atoms with van der Waals surface area (Å²) in [6.07, 6.45) is 0.920. The van der Waals surface area contributed by atoms with E-state index in [9.17, 15) is 0 Å². The van der Waals surface area contributed by atoms with E-state index < -0.39 is 0 Å². The number of ether oxygens (including phenoxy) is 2. The van der Waals surface area contributed by atoms with Gasteiger partial charge in [0.2, 0.25) is 0 Å². The Labute approximate surface area is 122 Å². The number of alkyl halides is 1. The molecule has 19 heavy (non-hydrogen) atoms. The summed E-state index contributed by atoms with van der Waals surface area (Å²) >= 11 is 3.73. The van der Waals surface area contributed by atoms with Gasteiger partial charge in [-0.2, -0.15) is 0 Å². The SMILES string of the molecule is COc1ccc(C(Br)Cc2cccc(OC)c2)cc1. The monoisotopic (exact) mass is 320 g/mol. The Bertz CT molecular complexity index is 523. The van der Waals surface area contributed by atoms with Crippen molar-refractivity contribution in [2.75, 3.05) is 14.2 Å². The largest absolute Gasteiger partial charge is 0.497 e. The first-order chi connectivity index (χ1) is 9.22. The molecular formula is C16H17BrO2. The molecule has 0 aromatic heterocycles. The highest BCUT2D eigenvalue weighted by Crippen LogP contribution is 2.29. The van der Waals surface area contributed by atoms with Gasteiger partial charge in [-0.05, 0) is 41.8 Å². The van der Waals surface area contributed by atoms with E-state index >= 15 is 0 Å². The highest BCUT2D eigenvalue weighted by molar-refractivity contribution is 9.09. The molecule has 0 fully saturated rings. The van der Waals surface area contributed by atoms with Gasteiger partial charge >= 0.3 is 0 Å². The van der Waals surface area contributed by atoms with Crippen molar-refractivity contribution < 1.29 is 9.47 Å². The molecule has 0 heterocycles. The Morgan fingerprint density at radius 3 is 2.26 bits per heavy atom. The molecule has 1 unspecified atom stereocenters. The number of hydrogen-bond donors (Lipinski definition) is 0. The number of hydrogen-bond acceptors (Lipinski definition) is 2. The summed E-state index contributed by atoms with van der Waals surface area (Å²) < 4.78 is 10.4. The van der Waals surface area contributed by atoms with Gasteiger partial charge in [-0.15, -0.1) is 0 Å². The van der Waals surface area contributed by atoms with Crippen molar-refractivity contribution in [3.63, 3.8) is 0 Å². The molecule has 0 aliphatic heterocycles. The van der Waals surface area contributed by atoms with Gasteiger partial charge in [0, 0.05) is 4.83 Å². The molecule has 2 rings (SSSR count). The molecule has 0 saturated heterocycles. The summed E-state index contributed by atoms with van der Waals surface area (Å²) in [5.74, 6) is 1.77. The molecule has 0 N–H and O–H groups in total. The van der Waals surface area contributed by atoms with Crippen molar-refractivity contribution in [1.82, 2.24) is 0 Å². The van der Waals surface area contributed by atoms with Crippen LogP contribution in [0.15, 0.2) is 48.5 Å². The van der Waals surface area contributed by atoms with E-state index in [-0.39, 0.29) is 4.83 Å². The average Bonchev–Trinajstić information content (AvgIpc) is 2.47. The number of methoxy groups -OCH3 is 2. The summed E-state index contributed by atoms with van der Waals surface area (Å²) in [6.45, 7) is 0. The Balaban J connectivity index is 2.08. The molecule has 1 atom stereocenters. The molecule has 0 bridgehead atoms. The molecule has 0 aliphatic carbocycles. The van der Waals surface area contributed by atoms with Crippen molar-refractivity contribution in [2.45, 2.75) is 11.2 Å². The van der Waals surface area contributed by atoms with Gasteiger partial charge in [-0.1, -0.05) is 40.2 Å². The standard InChI is InChI=1S/C16H17BrO2/c1-18-14-8-6-13(7-9-14)16(17)11-12-4-3-5-15(10-12)19-2/h3-10,16H,11H2,1-2H3. The van der Waals surface area contributed by atoms with E-state index in [0.29, 0.717) is 0 Å². The third kappa shape index (κ3) is 3.74. The van der Waals surface area contributed by atoms with Crippen LogP contribution in [0, 0.1) is 0 Å². The average molecular weight is 321 g/mol. The predicted octanol–water partition coefficient (Wildman–Crippen LogP) is 4.38. The maximum atomic E-state index is 5.24. The van der Waals surface area contributed by atoms with Gasteiger partial charge in [0.05, 0.1) is 14.2 Å². The third-order valence-corrected chi connectivity index (χ3v) is 3.88. The lowest BCUT2D eigenvalue weighted by Crippen LogP contribution is -1.96. The lowest BCUT2D eigenvalue weighted by molar-refractivity contribution is 0.414. The van der Waals surface area contributed by atoms with E-state index in [1.54, 1.807) is 14.2 Å². The van der Waals surface area contributed by atoms with Crippen molar-refractivity contribution >= 4 is 15.9 Å². The molecular weight excluding hydrogens is 304 g/mol. The minimum Gasteiger partial charge on any atom is -0.497 e. The van der Waals surface area contributed by atoms with Crippen LogP contribution < -0.4 is 9.47 Å². The van der Waals surface area contributed by atoms with Gasteiger partial charge in [0.15, 0.2) is 0 Å². The third-order valence-electron chi connectivity index (χ3n) is 3.03. The van der Waals surface area contributed by atoms with E-state index in [1.807, 2.05) is 24.3 Å². The number of rotatable bonds is 5. The highest BCUT2D eigenvalue weighted by atomic mass is 79.9. The van der Waals surface area contributed by atoms with E-state index in [2.05, 4.69) is 40.2 Å². The maximum Gasteiger partial charge on any atom is 0.119 e. The second kappa shape index (κ2) is 6.62. The van der Waals surface area contributed by atoms with Crippen molar-refractivity contribution in [1.29, 1.82) is 0 Å². The van der Waals surface area contributed by atoms with E-state index in [0.717, 1.165) is 17.9 Å². The second-order valence-corrected chi connectivity index (χ2v) is 5.40. The van der Waals surface area contributed by atoms with Crippen LogP contribution in [0.2, 0.25) is 0 Å². The Morgan fingerprint density at radius 1 is 0.947 bits per heavy atom. The lowest BCUT2D eigenvalue weighted by atomic mass is 10.0. The van der Waals surface area contributed by atoms with Crippen LogP contribution in [0.1, 0.15) is 16.0 Å². The van der Waals surface area contributed by atoms with Crippen molar-refractivity contribution in [3.05, 3.63) is 59.7 Å². The zero-order chi connectivity index (χ0) is 13.7. The molecule has 3 heteroatoms. The molecule has 2 aromatic rings. The minimum atomic E-state index is 0.283. The smallest absolute Gasteiger partial charge is 0.119 e. The summed E-state index contributed by atoms with van der Waals surface area (Å²) in [6, 6.07) is 16.3. The summed E-state index contributed by atoms with van der Waals surface area (Å²) in [4.78, 5) is 0.283. The minimum absolute atomic E-state index is 0.283. The predicted molar refractivity (Wildman–Crippen MR) is 81.4 cm³/mol. The molecule has 0 radical (unpaired) electrons. The second-order valence-electron chi connectivity index (χ2n) is 4.30. The first kappa shape index (κ1) is 13.9. The van der Waals surface area contributed by atoms with Crippen LogP contribution >= 0.6 is 15.9 Å². The van der Waals surface area contributed by atoms with Gasteiger partial charge < -0.3 is 9.47 Å². The molecule has 0 aliphatic rings. The normalized spacial score (nSPS) is 11.9. The van der Waals surface area contributed by atoms with Crippen LogP contribution in [0.3, 0.4) is 0 Å². The van der Waals surface area contributed by atoms with Crippen LogP contribution in [0.25, 0.3) is 0 Å². The lowest BCUT2D eigenvalue weighted by Gasteiger charge is -2.12. The Kier molecular flexibility index (Phi) is 4.86. The van der Waals surface area contributed by atoms with E-state index in [1.165, 1.54) is 11.1 Å². The molecule has 2 nitrogen and oxygen atoms in total. The summed E-state index contributed by atoms with van der Waals surface area (Å²) in [7, 11) is 3.37. The fourth-order valence-electron chi connectivity index (χ4n) is 1.94. The number of benzene rings is 2.